The number of allylic oxidation sites excluding steroid dienone is 1. The maximum atomic E-state index is 15.3. The Morgan fingerprint density at radius 1 is 1.08 bits per heavy atom. The molecule has 0 amide bonds. The van der Waals surface area contributed by atoms with Crippen molar-refractivity contribution in [1.82, 2.24) is 19.4 Å². The fourth-order valence-corrected chi connectivity index (χ4v) is 4.16. The molecular formula is C27H20F3N5O3. The Morgan fingerprint density at radius 3 is 2.50 bits per heavy atom. The van der Waals surface area contributed by atoms with E-state index in [1.165, 1.54) is 49.2 Å². The Balaban J connectivity index is 1.66. The van der Waals surface area contributed by atoms with Crippen LogP contribution in [0.3, 0.4) is 0 Å². The van der Waals surface area contributed by atoms with Gasteiger partial charge in [-0.15, -0.1) is 0 Å². The van der Waals surface area contributed by atoms with E-state index in [0.717, 1.165) is 12.1 Å². The van der Waals surface area contributed by atoms with Crippen molar-refractivity contribution in [3.05, 3.63) is 84.6 Å². The van der Waals surface area contributed by atoms with Crippen LogP contribution in [-0.4, -0.2) is 39.4 Å². The SMILES string of the molecule is C=CC(=O)Cc1cccc(F)c1Nc1ncc2cc(-c3c(F)c(OC)cc(OC)c3F)c3nccn3c2n1. The highest BCUT2D eigenvalue weighted by molar-refractivity contribution is 5.93. The van der Waals surface area contributed by atoms with E-state index in [4.69, 9.17) is 9.47 Å². The number of pyridine rings is 1. The first-order valence-corrected chi connectivity index (χ1v) is 11.3. The van der Waals surface area contributed by atoms with Crippen molar-refractivity contribution in [2.75, 3.05) is 19.5 Å². The monoisotopic (exact) mass is 519 g/mol. The molecule has 8 nitrogen and oxygen atoms in total. The number of rotatable bonds is 8. The van der Waals surface area contributed by atoms with Gasteiger partial charge in [-0.2, -0.15) is 4.98 Å². The number of nitrogens with zero attached hydrogens (tertiary/aromatic N) is 4. The standard InChI is InChI=1S/C27H20F3N5O3/c1-4-16(36)10-14-6-5-7-18(28)24(14)33-27-32-13-15-11-17(26-31-8-9-35(26)25(15)34-27)21-22(29)19(37-2)12-20(38-3)23(21)30/h4-9,11-13H,1,10H2,2-3H3,(H,32,33,34). The summed E-state index contributed by atoms with van der Waals surface area (Å²) in [6.07, 6.45) is 5.56. The number of fused-ring (bicyclic) bond motifs is 3. The van der Waals surface area contributed by atoms with Gasteiger partial charge >= 0.3 is 0 Å². The molecule has 0 aliphatic carbocycles. The first kappa shape index (κ1) is 24.8. The summed E-state index contributed by atoms with van der Waals surface area (Å²) in [4.78, 5) is 24.9. The number of hydrogen-bond acceptors (Lipinski definition) is 7. The molecule has 0 spiro atoms. The minimum Gasteiger partial charge on any atom is -0.494 e. The zero-order chi connectivity index (χ0) is 27.0. The van der Waals surface area contributed by atoms with Gasteiger partial charge in [-0.1, -0.05) is 18.7 Å². The number of halogens is 3. The summed E-state index contributed by atoms with van der Waals surface area (Å²) in [6, 6.07) is 6.98. The van der Waals surface area contributed by atoms with Crippen LogP contribution in [0.5, 0.6) is 11.5 Å². The van der Waals surface area contributed by atoms with Gasteiger partial charge in [0.25, 0.3) is 0 Å². The fourth-order valence-electron chi connectivity index (χ4n) is 4.16. The summed E-state index contributed by atoms with van der Waals surface area (Å²) in [5, 5.41) is 3.27. The second-order valence-electron chi connectivity index (χ2n) is 8.18. The van der Waals surface area contributed by atoms with Crippen LogP contribution >= 0.6 is 0 Å². The van der Waals surface area contributed by atoms with E-state index < -0.39 is 17.5 Å². The molecular weight excluding hydrogens is 499 g/mol. The van der Waals surface area contributed by atoms with E-state index in [1.54, 1.807) is 12.3 Å². The van der Waals surface area contributed by atoms with Crippen molar-refractivity contribution in [2.45, 2.75) is 6.42 Å². The number of hydrogen-bond donors (Lipinski definition) is 1. The van der Waals surface area contributed by atoms with Gasteiger partial charge < -0.3 is 14.8 Å². The van der Waals surface area contributed by atoms with Crippen molar-refractivity contribution in [1.29, 1.82) is 0 Å². The molecule has 0 aliphatic rings. The Bertz CT molecular complexity index is 1710. The lowest BCUT2D eigenvalue weighted by atomic mass is 10.0. The van der Waals surface area contributed by atoms with Gasteiger partial charge in [0.2, 0.25) is 5.95 Å². The van der Waals surface area contributed by atoms with Crippen molar-refractivity contribution >= 4 is 34.1 Å². The van der Waals surface area contributed by atoms with E-state index in [-0.39, 0.29) is 52.1 Å². The number of ether oxygens (including phenoxy) is 2. The molecule has 5 aromatic rings. The summed E-state index contributed by atoms with van der Waals surface area (Å²) < 4.78 is 57.0. The number of nitrogens with one attached hydrogen (secondary N) is 1. The van der Waals surface area contributed by atoms with Crippen LogP contribution in [0.15, 0.2) is 61.6 Å². The second-order valence-corrected chi connectivity index (χ2v) is 8.18. The Hall–Kier alpha value is -4.93. The highest BCUT2D eigenvalue weighted by atomic mass is 19.1. The molecule has 0 bridgehead atoms. The van der Waals surface area contributed by atoms with Crippen LogP contribution in [0.1, 0.15) is 5.56 Å². The van der Waals surface area contributed by atoms with Gasteiger partial charge in [-0.3, -0.25) is 9.20 Å². The van der Waals surface area contributed by atoms with E-state index in [0.29, 0.717) is 16.6 Å². The second kappa shape index (κ2) is 9.85. The van der Waals surface area contributed by atoms with E-state index in [2.05, 4.69) is 26.8 Å². The Morgan fingerprint density at radius 2 is 1.82 bits per heavy atom. The Kier molecular flexibility index (Phi) is 6.41. The maximum absolute atomic E-state index is 15.3. The van der Waals surface area contributed by atoms with Crippen molar-refractivity contribution in [3.63, 3.8) is 0 Å². The van der Waals surface area contributed by atoms with Crippen LogP contribution in [0.2, 0.25) is 0 Å². The number of benzene rings is 2. The smallest absolute Gasteiger partial charge is 0.229 e. The first-order valence-electron chi connectivity index (χ1n) is 11.3. The van der Waals surface area contributed by atoms with Gasteiger partial charge in [0.15, 0.2) is 34.6 Å². The van der Waals surface area contributed by atoms with Crippen LogP contribution in [0, 0.1) is 17.5 Å². The van der Waals surface area contributed by atoms with Gasteiger partial charge in [-0.05, 0) is 23.8 Å². The summed E-state index contributed by atoms with van der Waals surface area (Å²) in [7, 11) is 2.53. The third kappa shape index (κ3) is 4.17. The summed E-state index contributed by atoms with van der Waals surface area (Å²) >= 11 is 0. The summed E-state index contributed by atoms with van der Waals surface area (Å²) in [5.74, 6) is -3.07. The number of methoxy groups -OCH3 is 2. The number of imidazole rings is 1. The predicted molar refractivity (Wildman–Crippen MR) is 135 cm³/mol. The number of para-hydroxylation sites is 1. The molecule has 1 N–H and O–H groups in total. The normalized spacial score (nSPS) is 11.1. The van der Waals surface area contributed by atoms with Crippen LogP contribution in [-0.2, 0) is 11.2 Å². The molecule has 5 rings (SSSR count). The minimum atomic E-state index is -0.921. The summed E-state index contributed by atoms with van der Waals surface area (Å²) in [6.45, 7) is 3.45. The van der Waals surface area contributed by atoms with Gasteiger partial charge in [-0.25, -0.2) is 23.1 Å². The third-order valence-electron chi connectivity index (χ3n) is 5.98. The van der Waals surface area contributed by atoms with Crippen molar-refractivity contribution in [3.8, 4) is 22.6 Å². The maximum Gasteiger partial charge on any atom is 0.229 e. The quantitative estimate of drug-likeness (QED) is 0.274. The molecule has 0 atom stereocenters. The highest BCUT2D eigenvalue weighted by Crippen LogP contribution is 2.40. The molecule has 3 heterocycles. The lowest BCUT2D eigenvalue weighted by molar-refractivity contribution is -0.114. The number of aromatic nitrogens is 4. The zero-order valence-electron chi connectivity index (χ0n) is 20.3. The van der Waals surface area contributed by atoms with E-state index in [1.807, 2.05) is 0 Å². The third-order valence-corrected chi connectivity index (χ3v) is 5.98. The number of carbonyl (C=O) groups excluding carboxylic acids is 1. The van der Waals surface area contributed by atoms with Crippen LogP contribution < -0.4 is 14.8 Å². The average molecular weight is 519 g/mol. The lowest BCUT2D eigenvalue weighted by Gasteiger charge is -2.15. The first-order chi connectivity index (χ1) is 18.4. The molecule has 0 aliphatic heterocycles. The van der Waals surface area contributed by atoms with E-state index >= 15 is 8.78 Å². The Labute approximate surface area is 214 Å². The number of carbonyl (C=O) groups is 1. The van der Waals surface area contributed by atoms with Gasteiger partial charge in [0, 0.05) is 42.0 Å². The molecule has 0 saturated heterocycles. The molecule has 38 heavy (non-hydrogen) atoms. The number of anilines is 2. The summed E-state index contributed by atoms with van der Waals surface area (Å²) in [5.41, 5.74) is 0.739. The molecule has 11 heteroatoms. The predicted octanol–water partition coefficient (Wildman–Crippen LogP) is 5.42. The molecule has 192 valence electrons. The lowest BCUT2D eigenvalue weighted by Crippen LogP contribution is -2.07. The highest BCUT2D eigenvalue weighted by Gasteiger charge is 2.25. The topological polar surface area (TPSA) is 90.6 Å². The molecule has 0 fully saturated rings. The molecule has 2 aromatic carbocycles. The van der Waals surface area contributed by atoms with Crippen LogP contribution in [0.4, 0.5) is 24.8 Å². The van der Waals surface area contributed by atoms with Crippen molar-refractivity contribution in [2.24, 2.45) is 0 Å². The average Bonchev–Trinajstić information content (AvgIpc) is 3.41. The largest absolute Gasteiger partial charge is 0.494 e. The molecule has 0 unspecified atom stereocenters. The molecule has 0 saturated carbocycles. The van der Waals surface area contributed by atoms with Crippen LogP contribution in [0.25, 0.3) is 27.8 Å². The minimum absolute atomic E-state index is 0.0399. The van der Waals surface area contributed by atoms with E-state index in [9.17, 15) is 9.18 Å². The number of ketones is 1. The van der Waals surface area contributed by atoms with Crippen molar-refractivity contribution < 1.29 is 27.4 Å². The zero-order valence-corrected chi connectivity index (χ0v) is 20.3. The van der Waals surface area contributed by atoms with Gasteiger partial charge in [0.05, 0.1) is 25.5 Å². The van der Waals surface area contributed by atoms with Gasteiger partial charge in [0.1, 0.15) is 11.5 Å². The fraction of sp³-hybridized carbons (Fsp3) is 0.111. The molecule has 0 radical (unpaired) electrons. The molecule has 3 aromatic heterocycles.